The van der Waals surface area contributed by atoms with E-state index in [0.29, 0.717) is 11.2 Å². The molecule has 0 N–H and O–H groups in total. The summed E-state index contributed by atoms with van der Waals surface area (Å²) >= 11 is 1.57. The van der Waals surface area contributed by atoms with E-state index in [0.717, 1.165) is 22.8 Å². The molecule has 3 aromatic rings. The van der Waals surface area contributed by atoms with Crippen LogP contribution in [0.5, 0.6) is 0 Å². The largest absolute Gasteiger partial charge is 0.435 e. The molecule has 3 nitrogen and oxygen atoms in total. The van der Waals surface area contributed by atoms with Crippen molar-refractivity contribution in [2.75, 3.05) is 5.75 Å². The van der Waals surface area contributed by atoms with Gasteiger partial charge >= 0.3 is 6.18 Å². The Morgan fingerprint density at radius 1 is 1.23 bits per heavy atom. The van der Waals surface area contributed by atoms with E-state index in [9.17, 15) is 13.2 Å². The molecule has 0 unspecified atom stereocenters. The Morgan fingerprint density at radius 3 is 2.77 bits per heavy atom. The molecule has 0 aliphatic heterocycles. The van der Waals surface area contributed by atoms with Gasteiger partial charge in [0.15, 0.2) is 5.58 Å². The van der Waals surface area contributed by atoms with Crippen LogP contribution < -0.4 is 0 Å². The van der Waals surface area contributed by atoms with Crippen LogP contribution in [0.4, 0.5) is 13.2 Å². The second-order valence-corrected chi connectivity index (χ2v) is 5.79. The number of halogens is 3. The van der Waals surface area contributed by atoms with E-state index in [1.54, 1.807) is 24.0 Å². The zero-order chi connectivity index (χ0) is 15.7. The van der Waals surface area contributed by atoms with Crippen molar-refractivity contribution in [1.82, 2.24) is 9.97 Å². The molecule has 1 aromatic carbocycles. The lowest BCUT2D eigenvalue weighted by Gasteiger charge is -2.04. The fourth-order valence-electron chi connectivity index (χ4n) is 2.03. The summed E-state index contributed by atoms with van der Waals surface area (Å²) in [7, 11) is 0. The number of oxazole rings is 1. The number of nitrogens with zero attached hydrogens (tertiary/aromatic N) is 2. The summed E-state index contributed by atoms with van der Waals surface area (Å²) in [4.78, 5) is 9.36. The summed E-state index contributed by atoms with van der Waals surface area (Å²) in [6.07, 6.45) is -2.81. The van der Waals surface area contributed by atoms with Crippen LogP contribution in [-0.4, -0.2) is 15.7 Å². The summed E-state index contributed by atoms with van der Waals surface area (Å²) in [5, 5.41) is 0. The van der Waals surface area contributed by atoms with Crippen LogP contribution in [0.2, 0.25) is 0 Å². The van der Waals surface area contributed by atoms with Crippen molar-refractivity contribution in [2.45, 2.75) is 18.0 Å². The van der Waals surface area contributed by atoms with Gasteiger partial charge in [0.25, 0.3) is 0 Å². The molecule has 22 heavy (non-hydrogen) atoms. The van der Waals surface area contributed by atoms with Crippen LogP contribution in [0, 0.1) is 0 Å². The van der Waals surface area contributed by atoms with Crippen molar-refractivity contribution >= 4 is 22.9 Å². The number of benzene rings is 1. The van der Waals surface area contributed by atoms with Gasteiger partial charge in [0.1, 0.15) is 11.2 Å². The number of thioether (sulfide) groups is 1. The highest BCUT2D eigenvalue weighted by Crippen LogP contribution is 2.34. The third-order valence-electron chi connectivity index (χ3n) is 2.99. The highest BCUT2D eigenvalue weighted by Gasteiger charge is 2.31. The van der Waals surface area contributed by atoms with E-state index in [1.165, 1.54) is 6.07 Å². The first-order valence-electron chi connectivity index (χ1n) is 6.55. The van der Waals surface area contributed by atoms with Crippen molar-refractivity contribution in [1.29, 1.82) is 0 Å². The van der Waals surface area contributed by atoms with Crippen LogP contribution in [0.1, 0.15) is 12.5 Å². The van der Waals surface area contributed by atoms with Gasteiger partial charge in [0, 0.05) is 11.1 Å². The van der Waals surface area contributed by atoms with Crippen molar-refractivity contribution in [2.24, 2.45) is 0 Å². The number of aromatic nitrogens is 2. The van der Waals surface area contributed by atoms with Gasteiger partial charge in [0.05, 0.1) is 5.56 Å². The normalized spacial score (nSPS) is 12.0. The fourth-order valence-corrected chi connectivity index (χ4v) is 2.79. The van der Waals surface area contributed by atoms with Gasteiger partial charge in [-0.1, -0.05) is 6.92 Å². The Balaban J connectivity index is 2.09. The predicted molar refractivity (Wildman–Crippen MR) is 78.6 cm³/mol. The standard InChI is InChI=1S/C15H11F3N2OS/c1-2-22-12-4-3-7-19-13(12)14-20-10-6-5-9(15(16,17)18)8-11(10)21-14/h3-8H,2H2,1H3. The highest BCUT2D eigenvalue weighted by molar-refractivity contribution is 7.99. The number of alkyl halides is 3. The molecule has 0 radical (unpaired) electrons. The van der Waals surface area contributed by atoms with E-state index in [4.69, 9.17) is 4.42 Å². The lowest BCUT2D eigenvalue weighted by atomic mass is 10.2. The topological polar surface area (TPSA) is 38.9 Å². The minimum Gasteiger partial charge on any atom is -0.435 e. The molecular formula is C15H11F3N2OS. The first-order valence-corrected chi connectivity index (χ1v) is 7.53. The maximum Gasteiger partial charge on any atom is 0.416 e. The molecule has 3 rings (SSSR count). The van der Waals surface area contributed by atoms with E-state index >= 15 is 0 Å². The van der Waals surface area contributed by atoms with Crippen molar-refractivity contribution in [3.05, 3.63) is 42.1 Å². The van der Waals surface area contributed by atoms with Crippen molar-refractivity contribution in [3.8, 4) is 11.6 Å². The average molecular weight is 324 g/mol. The Kier molecular flexibility index (Phi) is 3.82. The average Bonchev–Trinajstić information content (AvgIpc) is 2.90. The molecule has 0 saturated carbocycles. The SMILES string of the molecule is CCSc1cccnc1-c1nc2ccc(C(F)(F)F)cc2o1. The summed E-state index contributed by atoms with van der Waals surface area (Å²) in [5.41, 5.74) is 0.259. The van der Waals surface area contributed by atoms with Gasteiger partial charge in [-0.3, -0.25) is 0 Å². The molecule has 7 heteroatoms. The summed E-state index contributed by atoms with van der Waals surface area (Å²) in [5.74, 6) is 1.07. The van der Waals surface area contributed by atoms with Crippen LogP contribution in [0.3, 0.4) is 0 Å². The van der Waals surface area contributed by atoms with E-state index in [1.807, 2.05) is 13.0 Å². The van der Waals surface area contributed by atoms with Crippen LogP contribution in [-0.2, 0) is 6.18 Å². The minimum atomic E-state index is -4.41. The number of hydrogen-bond acceptors (Lipinski definition) is 4. The molecule has 0 amide bonds. The van der Waals surface area contributed by atoms with E-state index in [-0.39, 0.29) is 11.5 Å². The van der Waals surface area contributed by atoms with Gasteiger partial charge in [-0.2, -0.15) is 13.2 Å². The van der Waals surface area contributed by atoms with Crippen LogP contribution >= 0.6 is 11.8 Å². The zero-order valence-corrected chi connectivity index (χ0v) is 12.3. The monoisotopic (exact) mass is 324 g/mol. The molecule has 0 fully saturated rings. The molecule has 0 bridgehead atoms. The number of rotatable bonds is 3. The third kappa shape index (κ3) is 2.81. The molecule has 0 aliphatic carbocycles. The molecule has 2 heterocycles. The zero-order valence-electron chi connectivity index (χ0n) is 11.5. The summed E-state index contributed by atoms with van der Waals surface area (Å²) < 4.78 is 43.7. The first kappa shape index (κ1) is 14.9. The number of fused-ring (bicyclic) bond motifs is 1. The van der Waals surface area contributed by atoms with Gasteiger partial charge < -0.3 is 4.42 Å². The predicted octanol–water partition coefficient (Wildman–Crippen LogP) is 5.02. The quantitative estimate of drug-likeness (QED) is 0.634. The van der Waals surface area contributed by atoms with Crippen LogP contribution in [0.15, 0.2) is 45.8 Å². The lowest BCUT2D eigenvalue weighted by Crippen LogP contribution is -2.03. The summed E-state index contributed by atoms with van der Waals surface area (Å²) in [6.45, 7) is 2.00. The van der Waals surface area contributed by atoms with Gasteiger partial charge in [0.2, 0.25) is 5.89 Å². The number of hydrogen-bond donors (Lipinski definition) is 0. The molecule has 0 aliphatic rings. The van der Waals surface area contributed by atoms with Crippen LogP contribution in [0.25, 0.3) is 22.7 Å². The lowest BCUT2D eigenvalue weighted by molar-refractivity contribution is -0.137. The Bertz CT molecular complexity index is 814. The Labute approximate surface area is 128 Å². The maximum atomic E-state index is 12.7. The van der Waals surface area contributed by atoms with Crippen molar-refractivity contribution < 1.29 is 17.6 Å². The van der Waals surface area contributed by atoms with Gasteiger partial charge in [-0.05, 0) is 36.1 Å². The minimum absolute atomic E-state index is 0.0999. The Morgan fingerprint density at radius 2 is 2.05 bits per heavy atom. The van der Waals surface area contributed by atoms with E-state index in [2.05, 4.69) is 9.97 Å². The molecule has 0 saturated heterocycles. The molecule has 114 valence electrons. The summed E-state index contributed by atoms with van der Waals surface area (Å²) in [6, 6.07) is 6.94. The molecule has 0 spiro atoms. The molecule has 2 aromatic heterocycles. The smallest absolute Gasteiger partial charge is 0.416 e. The van der Waals surface area contributed by atoms with Gasteiger partial charge in [-0.15, -0.1) is 11.8 Å². The maximum absolute atomic E-state index is 12.7. The molecule has 0 atom stereocenters. The van der Waals surface area contributed by atoms with Crippen molar-refractivity contribution in [3.63, 3.8) is 0 Å². The Hall–Kier alpha value is -2.02. The number of pyridine rings is 1. The second kappa shape index (κ2) is 5.64. The highest BCUT2D eigenvalue weighted by atomic mass is 32.2. The first-order chi connectivity index (χ1) is 10.5. The third-order valence-corrected chi connectivity index (χ3v) is 3.92. The second-order valence-electron chi connectivity index (χ2n) is 4.48. The van der Waals surface area contributed by atoms with Gasteiger partial charge in [-0.25, -0.2) is 9.97 Å². The molecular weight excluding hydrogens is 313 g/mol. The fraction of sp³-hybridized carbons (Fsp3) is 0.200. The van der Waals surface area contributed by atoms with E-state index < -0.39 is 11.7 Å².